The van der Waals surface area contributed by atoms with Gasteiger partial charge in [-0.05, 0) is 53.7 Å². The molecule has 1 saturated heterocycles. The van der Waals surface area contributed by atoms with Gasteiger partial charge in [0.05, 0.1) is 17.1 Å². The number of β-lactam (4-membered cyclic amide) rings is 1. The number of aliphatic carboxylic acids is 2. The number of carbonyl (C=O) groups is 5. The Bertz CT molecular complexity index is 1820. The van der Waals surface area contributed by atoms with Crippen LogP contribution < -0.4 is 15.6 Å². The number of fused-ring (bicyclic) bond motifs is 1. The molecule has 0 radical (unpaired) electrons. The van der Waals surface area contributed by atoms with E-state index in [2.05, 4.69) is 27.1 Å². The molecule has 0 unspecified atom stereocenters. The lowest BCUT2D eigenvalue weighted by molar-refractivity contribution is -0.160. The number of ether oxygens (including phenoxy) is 2. The van der Waals surface area contributed by atoms with Crippen LogP contribution in [0, 0.1) is 10.8 Å². The minimum Gasteiger partial charge on any atom is -0.481 e. The van der Waals surface area contributed by atoms with Crippen molar-refractivity contribution >= 4 is 59.0 Å². The molecule has 2 atom stereocenters. The van der Waals surface area contributed by atoms with Crippen molar-refractivity contribution in [3.8, 4) is 5.88 Å². The lowest BCUT2D eigenvalue weighted by atomic mass is 9.98. The summed E-state index contributed by atoms with van der Waals surface area (Å²) >= 11 is 2.09. The molecule has 0 saturated carbocycles. The first kappa shape index (κ1) is 40.3. The van der Waals surface area contributed by atoms with Crippen LogP contribution in [0.25, 0.3) is 0 Å². The predicted molar refractivity (Wildman–Crippen MR) is 182 cm³/mol. The van der Waals surface area contributed by atoms with Gasteiger partial charge in [-0.2, -0.15) is 4.98 Å². The second-order valence-electron chi connectivity index (χ2n) is 12.7. The maximum absolute atomic E-state index is 13.1. The number of carboxylic acid groups (broad SMARTS) is 2. The number of thioether (sulfide) groups is 2. The lowest BCUT2D eigenvalue weighted by Crippen LogP contribution is -2.70. The summed E-state index contributed by atoms with van der Waals surface area (Å²) in [5.74, 6) is -4.39. The minimum atomic E-state index is -1.38. The van der Waals surface area contributed by atoms with E-state index in [0.717, 1.165) is 28.4 Å². The Balaban J connectivity index is 0.000000908. The van der Waals surface area contributed by atoms with Crippen LogP contribution in [0.3, 0.4) is 0 Å². The van der Waals surface area contributed by atoms with Crippen LogP contribution in [-0.2, 0) is 40.6 Å². The van der Waals surface area contributed by atoms with Crippen molar-refractivity contribution in [3.63, 3.8) is 0 Å². The second-order valence-corrected chi connectivity index (χ2v) is 14.9. The van der Waals surface area contributed by atoms with Gasteiger partial charge in [0, 0.05) is 23.3 Å². The summed E-state index contributed by atoms with van der Waals surface area (Å²) < 4.78 is 16.6. The van der Waals surface area contributed by atoms with Gasteiger partial charge in [0.2, 0.25) is 12.5 Å². The van der Waals surface area contributed by atoms with E-state index in [0.29, 0.717) is 4.91 Å². The number of aryl methyl sites for hydroxylation is 1. The molecule has 0 spiro atoms. The monoisotopic (exact) mass is 750 g/mol. The third kappa shape index (κ3) is 9.78. The smallest absolute Gasteiger partial charge is 0.353 e. The number of carboxylic acids is 2. The highest BCUT2D eigenvalue weighted by atomic mass is 32.2. The number of esters is 1. The van der Waals surface area contributed by atoms with Crippen molar-refractivity contribution in [1.29, 1.82) is 0 Å². The molecule has 0 aromatic carbocycles. The molecule has 0 bridgehead atoms. The van der Waals surface area contributed by atoms with Gasteiger partial charge in [0.1, 0.15) is 24.2 Å². The quantitative estimate of drug-likeness (QED) is 0.0744. The summed E-state index contributed by atoms with van der Waals surface area (Å²) in [7, 11) is 2.74. The average Bonchev–Trinajstić information content (AvgIpc) is 3.57. The van der Waals surface area contributed by atoms with Crippen molar-refractivity contribution < 1.29 is 52.9 Å². The maximum atomic E-state index is 13.1. The molecule has 3 N–H and O–H groups in total. The van der Waals surface area contributed by atoms with Gasteiger partial charge < -0.3 is 34.3 Å². The molecule has 0 aliphatic carbocycles. The molecule has 2 aromatic rings. The van der Waals surface area contributed by atoms with Crippen LogP contribution >= 0.6 is 23.5 Å². The fourth-order valence-corrected chi connectivity index (χ4v) is 6.17. The number of rotatable bonds is 11. The summed E-state index contributed by atoms with van der Waals surface area (Å²) in [5.41, 5.74) is -2.46. The number of nitrogens with one attached hydrogen (secondary N) is 1. The molecular weight excluding hydrogens is 713 g/mol. The normalized spacial score (nSPS) is 17.4. The van der Waals surface area contributed by atoms with E-state index in [9.17, 15) is 33.9 Å². The highest BCUT2D eigenvalue weighted by Gasteiger charge is 2.55. The van der Waals surface area contributed by atoms with Crippen molar-refractivity contribution in [2.45, 2.75) is 58.1 Å². The largest absolute Gasteiger partial charge is 0.481 e. The Morgan fingerprint density at radius 2 is 1.78 bits per heavy atom. The standard InChI is InChI=1S/C26H28N6O10S2.C5H10O2/c1-12-13(10-43-25-28-19(34)20(29-31(25)5)41-11-42-24(38)26(2,3)4)17(23(36)37)32-21(35)16(22(32)44-12)27-18(33)15(30-39-6)14-8-7-9-40-14;1-5(2,3)4(6)7/h7-9,16,22H,1,10-11H2,2-6H3,(H,27,33)(H,36,37);1-3H3,(H,6,7)/t16-,22-;/m1./s1. The number of amides is 2. The van der Waals surface area contributed by atoms with Gasteiger partial charge in [-0.15, -0.1) is 5.10 Å². The van der Waals surface area contributed by atoms with Crippen LogP contribution in [0.1, 0.15) is 47.3 Å². The maximum Gasteiger partial charge on any atom is 0.353 e. The number of carbonyl (C=O) groups excluding carboxylic acids is 3. The first-order valence-electron chi connectivity index (χ1n) is 14.9. The highest BCUT2D eigenvalue weighted by Crippen LogP contribution is 2.46. The van der Waals surface area contributed by atoms with E-state index in [1.165, 1.54) is 31.2 Å². The summed E-state index contributed by atoms with van der Waals surface area (Å²) in [6.07, 6.45) is 1.34. The van der Waals surface area contributed by atoms with Crippen LogP contribution in [0.15, 0.2) is 60.7 Å². The Morgan fingerprint density at radius 3 is 2.31 bits per heavy atom. The molecule has 2 aliphatic heterocycles. The first-order valence-corrected chi connectivity index (χ1v) is 16.8. The number of furan rings is 1. The van der Waals surface area contributed by atoms with Crippen molar-refractivity contribution in [3.05, 3.63) is 57.3 Å². The van der Waals surface area contributed by atoms with E-state index in [1.807, 2.05) is 0 Å². The van der Waals surface area contributed by atoms with E-state index in [-0.39, 0.29) is 33.7 Å². The Kier molecular flexibility index (Phi) is 12.9. The third-order valence-corrected chi connectivity index (χ3v) is 9.00. The number of hydrogen-bond donors (Lipinski definition) is 3. The molecule has 1 fully saturated rings. The Hall–Kier alpha value is -5.11. The summed E-state index contributed by atoms with van der Waals surface area (Å²) in [6, 6.07) is 1.96. The summed E-state index contributed by atoms with van der Waals surface area (Å²) in [6.45, 7) is 13.4. The van der Waals surface area contributed by atoms with Crippen molar-refractivity contribution in [1.82, 2.24) is 25.0 Å². The lowest BCUT2D eigenvalue weighted by Gasteiger charge is -2.49. The Morgan fingerprint density at radius 1 is 1.14 bits per heavy atom. The molecule has 18 nitrogen and oxygen atoms in total. The van der Waals surface area contributed by atoms with Gasteiger partial charge in [-0.25, -0.2) is 9.48 Å². The minimum absolute atomic E-state index is 0.0323. The zero-order valence-corrected chi connectivity index (χ0v) is 30.7. The predicted octanol–water partition coefficient (Wildman–Crippen LogP) is 2.21. The molecule has 276 valence electrons. The zero-order valence-electron chi connectivity index (χ0n) is 29.0. The van der Waals surface area contributed by atoms with E-state index >= 15 is 0 Å². The SMILES string of the molecule is C=C1S[C@@H]2[C@H](NC(=O)C(=NOC)c3ccco3)C(=O)N2C(C(=O)O)=C1CSc1nc(=O)c(OCOC(=O)C(C)(C)C)nn1C.CC(C)(C)C(=O)O. The number of hydrogen-bond acceptors (Lipinski definition) is 15. The van der Waals surface area contributed by atoms with E-state index < -0.39 is 70.2 Å². The van der Waals surface area contributed by atoms with Crippen LogP contribution in [0.4, 0.5) is 0 Å². The van der Waals surface area contributed by atoms with Gasteiger partial charge in [0.15, 0.2) is 10.9 Å². The van der Waals surface area contributed by atoms with Crippen molar-refractivity contribution in [2.24, 2.45) is 23.0 Å². The second kappa shape index (κ2) is 16.3. The molecule has 2 aliphatic rings. The molecule has 4 heterocycles. The fourth-order valence-electron chi connectivity index (χ4n) is 3.88. The van der Waals surface area contributed by atoms with Gasteiger partial charge >= 0.3 is 29.3 Å². The van der Waals surface area contributed by atoms with Crippen LogP contribution in [-0.4, -0.2) is 96.4 Å². The third-order valence-electron chi connectivity index (χ3n) is 6.69. The average molecular weight is 751 g/mol. The van der Waals surface area contributed by atoms with Crippen LogP contribution in [0.5, 0.6) is 5.88 Å². The Labute approximate surface area is 300 Å². The van der Waals surface area contributed by atoms with E-state index in [4.69, 9.17) is 23.8 Å². The number of aromatic nitrogens is 3. The van der Waals surface area contributed by atoms with Gasteiger partial charge in [-0.3, -0.25) is 28.9 Å². The van der Waals surface area contributed by atoms with Crippen molar-refractivity contribution in [2.75, 3.05) is 19.7 Å². The van der Waals surface area contributed by atoms with Gasteiger partial charge in [0.25, 0.3) is 11.8 Å². The van der Waals surface area contributed by atoms with Crippen LogP contribution in [0.2, 0.25) is 0 Å². The number of allylic oxidation sites excluding steroid dienone is 1. The molecule has 2 aromatic heterocycles. The first-order chi connectivity index (χ1) is 23.7. The molecule has 4 rings (SSSR count). The fraction of sp³-hybridized carbons (Fsp3) is 0.452. The van der Waals surface area contributed by atoms with E-state index in [1.54, 1.807) is 47.6 Å². The molecule has 51 heavy (non-hydrogen) atoms. The number of nitrogens with zero attached hydrogens (tertiary/aromatic N) is 5. The number of oxime groups is 1. The molecule has 2 amide bonds. The molecular formula is C31H38N6O12S2. The summed E-state index contributed by atoms with van der Waals surface area (Å²) in [4.78, 5) is 82.8. The zero-order chi connectivity index (χ0) is 38.4. The van der Waals surface area contributed by atoms with Gasteiger partial charge in [-0.1, -0.05) is 35.3 Å². The topological polar surface area (TPSA) is 242 Å². The highest BCUT2D eigenvalue weighted by molar-refractivity contribution is 8.04. The summed E-state index contributed by atoms with van der Waals surface area (Å²) in [5, 5.41) is 27.9. The molecule has 20 heteroatoms.